The quantitative estimate of drug-likeness (QED) is 0.200. The molecule has 1 radical (unpaired) electrons. The summed E-state index contributed by atoms with van der Waals surface area (Å²) in [5, 5.41) is 9.91. The Balaban J connectivity index is 0.00000216. The van der Waals surface area contributed by atoms with Gasteiger partial charge in [0.2, 0.25) is 0 Å². The van der Waals surface area contributed by atoms with Gasteiger partial charge < -0.3 is 25.4 Å². The summed E-state index contributed by atoms with van der Waals surface area (Å²) in [5.41, 5.74) is -2.33. The fraction of sp³-hybridized carbons (Fsp3) is 0.0435. The number of carbonyl (C=O) groups excluding carboxylic acids is 1. The molecule has 5 N–H and O–H groups in total. The summed E-state index contributed by atoms with van der Waals surface area (Å²) >= 11 is 0. The van der Waals surface area contributed by atoms with Gasteiger partial charge in [-0.15, -0.1) is 0 Å². The minimum Gasteiger partial charge on any atom is -0.506 e. The van der Waals surface area contributed by atoms with Crippen molar-refractivity contribution >= 4 is 33.8 Å². The number of anilines is 3. The second-order valence-corrected chi connectivity index (χ2v) is 6.91. The summed E-state index contributed by atoms with van der Waals surface area (Å²) in [6.45, 7) is 0. The van der Waals surface area contributed by atoms with Crippen molar-refractivity contribution in [2.45, 2.75) is 6.18 Å². The second kappa shape index (κ2) is 12.0. The van der Waals surface area contributed by atoms with E-state index in [9.17, 15) is 36.6 Å². The van der Waals surface area contributed by atoms with Gasteiger partial charge in [-0.05, 0) is 60.7 Å². The average Bonchev–Trinajstić information content (AvgIpc) is 2.75. The Morgan fingerprint density at radius 2 is 1.25 bits per heavy atom. The molecule has 36 heavy (non-hydrogen) atoms. The van der Waals surface area contributed by atoms with Crippen LogP contribution in [0.15, 0.2) is 75.9 Å². The smallest absolute Gasteiger partial charge is 0.455 e. The van der Waals surface area contributed by atoms with Gasteiger partial charge >= 0.3 is 11.8 Å². The molecule has 4 rings (SSSR count). The van der Waals surface area contributed by atoms with Gasteiger partial charge in [0.1, 0.15) is 23.0 Å². The summed E-state index contributed by atoms with van der Waals surface area (Å²) < 4.78 is 70.2. The Morgan fingerprint density at radius 3 is 1.69 bits per heavy atom. The summed E-state index contributed by atoms with van der Waals surface area (Å²) in [6, 6.07) is 14.3. The van der Waals surface area contributed by atoms with Crippen LogP contribution >= 0.6 is 0 Å². The van der Waals surface area contributed by atoms with Crippen molar-refractivity contribution in [3.63, 3.8) is 0 Å². The predicted octanol–water partition coefficient (Wildman–Crippen LogP) is 4.34. The van der Waals surface area contributed by atoms with Crippen LogP contribution in [0.25, 0.3) is 11.0 Å². The van der Waals surface area contributed by atoms with Gasteiger partial charge in [0.25, 0.3) is 5.78 Å². The number of nitrogens with zero attached hydrogens (tertiary/aromatic N) is 1. The Bertz CT molecular complexity index is 1380. The predicted molar refractivity (Wildman–Crippen MR) is 116 cm³/mol. The molecule has 13 heteroatoms. The Morgan fingerprint density at radius 1 is 0.806 bits per heavy atom. The summed E-state index contributed by atoms with van der Waals surface area (Å²) in [5.74, 6) is -4.70. The van der Waals surface area contributed by atoms with Crippen LogP contribution in [0, 0.1) is 61.0 Å². The molecule has 191 valence electrons. The molecule has 0 fully saturated rings. The Labute approximate surface area is 239 Å². The standard InChI is InChI=1S/C23H12F5NO4.Eu.2H2O/c24-12-1-5-14(6-2-12)29(15-7-3-13(25)4-8-15)16-9-10-17-18(11-16)33-22(32)19(20(17)30)21(31)23(26,27)28;;;/h1-11,30H;;2*1H2. The van der Waals surface area contributed by atoms with Gasteiger partial charge in [0, 0.05) is 72.5 Å². The first-order chi connectivity index (χ1) is 15.6. The number of carbonyl (C=O) groups is 1. The average molecular weight is 649 g/mol. The summed E-state index contributed by atoms with van der Waals surface area (Å²) in [6.07, 6.45) is -5.39. The van der Waals surface area contributed by atoms with Gasteiger partial charge in [-0.1, -0.05) is 0 Å². The van der Waals surface area contributed by atoms with Gasteiger partial charge in [-0.2, -0.15) is 13.2 Å². The number of Topliss-reactive ketones (excluding diaryl/α,β-unsaturated/α-hetero) is 1. The molecule has 0 spiro atoms. The van der Waals surface area contributed by atoms with Crippen molar-refractivity contribution in [3.05, 3.63) is 94.3 Å². The number of rotatable bonds is 4. The molecule has 0 aliphatic heterocycles. The van der Waals surface area contributed by atoms with E-state index in [1.807, 2.05) is 0 Å². The molecule has 1 heterocycles. The van der Waals surface area contributed by atoms with Crippen molar-refractivity contribution in [3.8, 4) is 5.75 Å². The van der Waals surface area contributed by atoms with E-state index in [4.69, 9.17) is 4.42 Å². The van der Waals surface area contributed by atoms with Gasteiger partial charge in [0.15, 0.2) is 5.56 Å². The Kier molecular flexibility index (Phi) is 10.5. The van der Waals surface area contributed by atoms with E-state index in [2.05, 4.69) is 0 Å². The molecule has 1 aromatic heterocycles. The molecule has 0 bridgehead atoms. The van der Waals surface area contributed by atoms with E-state index in [-0.39, 0.29) is 77.0 Å². The number of aromatic hydroxyl groups is 1. The molecule has 3 aromatic carbocycles. The first-order valence-electron chi connectivity index (χ1n) is 9.29. The van der Waals surface area contributed by atoms with Crippen LogP contribution in [0.5, 0.6) is 5.75 Å². The number of fused-ring (bicyclic) bond motifs is 1. The third-order valence-electron chi connectivity index (χ3n) is 4.78. The minimum absolute atomic E-state index is 0. The van der Waals surface area contributed by atoms with Crippen LogP contribution in [0.1, 0.15) is 10.4 Å². The maximum Gasteiger partial charge on any atom is 0.455 e. The zero-order valence-corrected chi connectivity index (χ0v) is 20.2. The van der Waals surface area contributed by atoms with Crippen molar-refractivity contribution < 1.29 is 96.6 Å². The van der Waals surface area contributed by atoms with E-state index >= 15 is 0 Å². The molecule has 0 aliphatic rings. The minimum atomic E-state index is -5.39. The fourth-order valence-corrected chi connectivity index (χ4v) is 3.28. The van der Waals surface area contributed by atoms with Crippen molar-refractivity contribution in [1.82, 2.24) is 0 Å². The van der Waals surface area contributed by atoms with E-state index in [0.29, 0.717) is 11.4 Å². The van der Waals surface area contributed by atoms with Gasteiger partial charge in [-0.3, -0.25) is 4.79 Å². The topological polar surface area (TPSA) is 134 Å². The zero-order valence-electron chi connectivity index (χ0n) is 17.7. The van der Waals surface area contributed by atoms with E-state index in [1.54, 1.807) is 0 Å². The second-order valence-electron chi connectivity index (χ2n) is 6.91. The van der Waals surface area contributed by atoms with Crippen molar-refractivity contribution in [2.24, 2.45) is 0 Å². The largest absolute Gasteiger partial charge is 0.506 e. The van der Waals surface area contributed by atoms with Gasteiger partial charge in [-0.25, -0.2) is 13.6 Å². The normalized spacial score (nSPS) is 10.6. The summed E-state index contributed by atoms with van der Waals surface area (Å²) in [4.78, 5) is 25.2. The van der Waals surface area contributed by atoms with E-state index < -0.39 is 40.5 Å². The SMILES string of the molecule is O.O.O=C(c1c(O)c2ccc(N(c3ccc(F)cc3)c3ccc(F)cc3)cc2oc1=O)C(F)(F)F.[Eu]. The molecule has 0 unspecified atom stereocenters. The molecule has 0 amide bonds. The monoisotopic (exact) mass is 650 g/mol. The maximum absolute atomic E-state index is 13.4. The first kappa shape index (κ1) is 31.3. The number of benzene rings is 3. The van der Waals surface area contributed by atoms with E-state index in [1.165, 1.54) is 65.6 Å². The fourth-order valence-electron chi connectivity index (χ4n) is 3.28. The third kappa shape index (κ3) is 6.16. The zero-order chi connectivity index (χ0) is 23.9. The molecule has 0 saturated carbocycles. The Hall–Kier alpha value is -2.71. The molecule has 0 aliphatic carbocycles. The van der Waals surface area contributed by atoms with Crippen LogP contribution in [0.4, 0.5) is 39.0 Å². The number of alkyl halides is 3. The van der Waals surface area contributed by atoms with Gasteiger partial charge in [0.05, 0.1) is 5.39 Å². The van der Waals surface area contributed by atoms with Crippen LogP contribution < -0.4 is 10.5 Å². The molecule has 0 atom stereocenters. The molecule has 4 aromatic rings. The number of hydrogen-bond acceptors (Lipinski definition) is 5. The number of halogens is 5. The molecule has 0 saturated heterocycles. The van der Waals surface area contributed by atoms with Crippen LogP contribution in [-0.4, -0.2) is 28.0 Å². The molecular formula is C23H16EuF5NO6. The number of ketones is 1. The van der Waals surface area contributed by atoms with E-state index in [0.717, 1.165) is 6.07 Å². The molecular weight excluding hydrogens is 633 g/mol. The third-order valence-corrected chi connectivity index (χ3v) is 4.78. The van der Waals surface area contributed by atoms with Crippen LogP contribution in [-0.2, 0) is 0 Å². The summed E-state index contributed by atoms with van der Waals surface area (Å²) in [7, 11) is 0. The van der Waals surface area contributed by atoms with Crippen molar-refractivity contribution in [2.75, 3.05) is 4.90 Å². The number of hydrogen-bond donors (Lipinski definition) is 1. The maximum atomic E-state index is 13.4. The van der Waals surface area contributed by atoms with Crippen LogP contribution in [0.3, 0.4) is 0 Å². The molecule has 7 nitrogen and oxygen atoms in total. The van der Waals surface area contributed by atoms with Crippen LogP contribution in [0.2, 0.25) is 0 Å². The van der Waals surface area contributed by atoms with Crippen molar-refractivity contribution in [1.29, 1.82) is 0 Å². The first-order valence-corrected chi connectivity index (χ1v) is 9.29.